The molecule has 0 heterocycles. The number of hydrogen-bond donors (Lipinski definition) is 2. The van der Waals surface area contributed by atoms with Gasteiger partial charge in [0.1, 0.15) is 0 Å². The Morgan fingerprint density at radius 3 is 2.67 bits per heavy atom. The molecule has 18 heavy (non-hydrogen) atoms. The van der Waals surface area contributed by atoms with Crippen LogP contribution in [0.5, 0.6) is 0 Å². The van der Waals surface area contributed by atoms with Crippen molar-refractivity contribution in [3.05, 3.63) is 35.4 Å². The zero-order chi connectivity index (χ0) is 13.4. The van der Waals surface area contributed by atoms with Crippen LogP contribution in [0.15, 0.2) is 24.3 Å². The lowest BCUT2D eigenvalue weighted by atomic mass is 10.1. The van der Waals surface area contributed by atoms with E-state index < -0.39 is 0 Å². The van der Waals surface area contributed by atoms with Crippen molar-refractivity contribution in [2.24, 2.45) is 5.73 Å². The highest BCUT2D eigenvalue weighted by Crippen LogP contribution is 2.04. The molecule has 0 aliphatic heterocycles. The fourth-order valence-corrected chi connectivity index (χ4v) is 1.84. The minimum Gasteiger partial charge on any atom is -0.366 e. The maximum atomic E-state index is 11.0. The van der Waals surface area contributed by atoms with Gasteiger partial charge < -0.3 is 16.0 Å². The molecule has 0 aromatic heterocycles. The van der Waals surface area contributed by atoms with Crippen LogP contribution in [0.25, 0.3) is 0 Å². The number of hydrogen-bond acceptors (Lipinski definition) is 3. The van der Waals surface area contributed by atoms with Crippen molar-refractivity contribution in [1.29, 1.82) is 0 Å². The monoisotopic (exact) mass is 249 g/mol. The first-order valence-electron chi connectivity index (χ1n) is 6.49. The number of benzene rings is 1. The number of primary amides is 1. The van der Waals surface area contributed by atoms with Crippen LogP contribution in [-0.4, -0.2) is 37.0 Å². The molecule has 4 heteroatoms. The molecule has 1 rings (SSSR count). The summed E-state index contributed by atoms with van der Waals surface area (Å²) in [5.41, 5.74) is 6.90. The molecule has 1 aromatic carbocycles. The van der Waals surface area contributed by atoms with Crippen molar-refractivity contribution < 1.29 is 4.79 Å². The molecule has 4 nitrogen and oxygen atoms in total. The molecule has 0 aliphatic rings. The first kappa shape index (κ1) is 14.7. The van der Waals surface area contributed by atoms with Crippen LogP contribution in [0.4, 0.5) is 0 Å². The molecular formula is C14H23N3O. The SMILES string of the molecule is CCN(CC)CCNCc1cccc(C(N)=O)c1. The largest absolute Gasteiger partial charge is 0.366 e. The second-order valence-corrected chi connectivity index (χ2v) is 4.27. The van der Waals surface area contributed by atoms with E-state index in [1.807, 2.05) is 18.2 Å². The summed E-state index contributed by atoms with van der Waals surface area (Å²) in [5.74, 6) is -0.375. The van der Waals surface area contributed by atoms with Crippen molar-refractivity contribution in [2.45, 2.75) is 20.4 Å². The van der Waals surface area contributed by atoms with Gasteiger partial charge in [0.25, 0.3) is 0 Å². The predicted octanol–water partition coefficient (Wildman–Crippen LogP) is 1.22. The van der Waals surface area contributed by atoms with E-state index in [0.717, 1.165) is 38.3 Å². The van der Waals surface area contributed by atoms with Crippen LogP contribution in [0.2, 0.25) is 0 Å². The lowest BCUT2D eigenvalue weighted by Crippen LogP contribution is -2.31. The highest BCUT2D eigenvalue weighted by molar-refractivity contribution is 5.92. The molecule has 0 spiro atoms. The third-order valence-electron chi connectivity index (χ3n) is 3.04. The summed E-state index contributed by atoms with van der Waals surface area (Å²) < 4.78 is 0. The number of amides is 1. The number of carbonyl (C=O) groups excluding carboxylic acids is 1. The second kappa shape index (κ2) is 7.84. The van der Waals surface area contributed by atoms with E-state index in [0.29, 0.717) is 5.56 Å². The molecule has 0 bridgehead atoms. The van der Waals surface area contributed by atoms with Gasteiger partial charge in [-0.15, -0.1) is 0 Å². The Labute approximate surface area is 109 Å². The van der Waals surface area contributed by atoms with Crippen molar-refractivity contribution in [2.75, 3.05) is 26.2 Å². The van der Waals surface area contributed by atoms with Gasteiger partial charge in [0.05, 0.1) is 0 Å². The summed E-state index contributed by atoms with van der Waals surface area (Å²) in [7, 11) is 0. The fraction of sp³-hybridized carbons (Fsp3) is 0.500. The standard InChI is InChI=1S/C14H23N3O/c1-3-17(4-2)9-8-16-11-12-6-5-7-13(10-12)14(15)18/h5-7,10,16H,3-4,8-9,11H2,1-2H3,(H2,15,18). The maximum Gasteiger partial charge on any atom is 0.248 e. The Kier molecular flexibility index (Phi) is 6.39. The molecule has 0 unspecified atom stereocenters. The number of carbonyl (C=O) groups is 1. The average Bonchev–Trinajstić information content (AvgIpc) is 2.39. The third kappa shape index (κ3) is 4.85. The van der Waals surface area contributed by atoms with E-state index in [4.69, 9.17) is 5.73 Å². The summed E-state index contributed by atoms with van der Waals surface area (Å²) in [5, 5.41) is 3.37. The van der Waals surface area contributed by atoms with E-state index in [9.17, 15) is 4.79 Å². The van der Waals surface area contributed by atoms with Gasteiger partial charge in [0.15, 0.2) is 0 Å². The zero-order valence-corrected chi connectivity index (χ0v) is 11.3. The number of nitrogens with zero attached hydrogens (tertiary/aromatic N) is 1. The molecule has 0 fully saturated rings. The van der Waals surface area contributed by atoms with E-state index in [-0.39, 0.29) is 5.91 Å². The maximum absolute atomic E-state index is 11.0. The van der Waals surface area contributed by atoms with Gasteiger partial charge in [-0.25, -0.2) is 0 Å². The normalized spacial score (nSPS) is 10.8. The van der Waals surface area contributed by atoms with Gasteiger partial charge >= 0.3 is 0 Å². The number of nitrogens with two attached hydrogens (primary N) is 1. The summed E-state index contributed by atoms with van der Waals surface area (Å²) in [4.78, 5) is 13.4. The third-order valence-corrected chi connectivity index (χ3v) is 3.04. The molecule has 3 N–H and O–H groups in total. The van der Waals surface area contributed by atoms with Gasteiger partial charge in [-0.3, -0.25) is 4.79 Å². The lowest BCUT2D eigenvalue weighted by Gasteiger charge is -2.18. The highest BCUT2D eigenvalue weighted by Gasteiger charge is 2.01. The van der Waals surface area contributed by atoms with E-state index in [1.54, 1.807) is 6.07 Å². The van der Waals surface area contributed by atoms with Gasteiger partial charge in [0, 0.05) is 25.2 Å². The number of nitrogens with one attached hydrogen (secondary N) is 1. The molecule has 0 aliphatic carbocycles. The molecule has 100 valence electrons. The minimum atomic E-state index is -0.375. The first-order valence-corrected chi connectivity index (χ1v) is 6.49. The van der Waals surface area contributed by atoms with Gasteiger partial charge in [0.2, 0.25) is 5.91 Å². The van der Waals surface area contributed by atoms with Crippen molar-refractivity contribution >= 4 is 5.91 Å². The number of rotatable bonds is 8. The second-order valence-electron chi connectivity index (χ2n) is 4.27. The number of likely N-dealkylation sites (N-methyl/N-ethyl adjacent to an activating group) is 1. The fourth-order valence-electron chi connectivity index (χ4n) is 1.84. The van der Waals surface area contributed by atoms with Crippen molar-refractivity contribution in [3.8, 4) is 0 Å². The van der Waals surface area contributed by atoms with Crippen LogP contribution in [0.3, 0.4) is 0 Å². The molecule has 1 aromatic rings. The van der Waals surface area contributed by atoms with Gasteiger partial charge in [-0.2, -0.15) is 0 Å². The highest BCUT2D eigenvalue weighted by atomic mass is 16.1. The van der Waals surface area contributed by atoms with Crippen LogP contribution >= 0.6 is 0 Å². The van der Waals surface area contributed by atoms with Crippen LogP contribution in [-0.2, 0) is 6.54 Å². The van der Waals surface area contributed by atoms with Crippen LogP contribution < -0.4 is 11.1 Å². The Balaban J connectivity index is 2.35. The van der Waals surface area contributed by atoms with E-state index in [1.165, 1.54) is 0 Å². The molecule has 0 atom stereocenters. The molecule has 1 amide bonds. The molecule has 0 radical (unpaired) electrons. The minimum absolute atomic E-state index is 0.375. The van der Waals surface area contributed by atoms with Crippen molar-refractivity contribution in [1.82, 2.24) is 10.2 Å². The van der Waals surface area contributed by atoms with E-state index in [2.05, 4.69) is 24.1 Å². The van der Waals surface area contributed by atoms with Crippen molar-refractivity contribution in [3.63, 3.8) is 0 Å². The summed E-state index contributed by atoms with van der Waals surface area (Å²) in [6, 6.07) is 7.44. The van der Waals surface area contributed by atoms with Crippen LogP contribution in [0.1, 0.15) is 29.8 Å². The zero-order valence-electron chi connectivity index (χ0n) is 11.3. The first-order chi connectivity index (χ1) is 8.67. The van der Waals surface area contributed by atoms with Gasteiger partial charge in [-0.05, 0) is 30.8 Å². The molecule has 0 saturated heterocycles. The predicted molar refractivity (Wildman–Crippen MR) is 74.5 cm³/mol. The Morgan fingerprint density at radius 1 is 1.33 bits per heavy atom. The smallest absolute Gasteiger partial charge is 0.248 e. The molecular weight excluding hydrogens is 226 g/mol. The van der Waals surface area contributed by atoms with Gasteiger partial charge in [-0.1, -0.05) is 26.0 Å². The summed E-state index contributed by atoms with van der Waals surface area (Å²) >= 11 is 0. The Morgan fingerprint density at radius 2 is 2.06 bits per heavy atom. The van der Waals surface area contributed by atoms with Crippen LogP contribution in [0, 0.1) is 0 Å². The quantitative estimate of drug-likeness (QED) is 0.681. The topological polar surface area (TPSA) is 58.4 Å². The lowest BCUT2D eigenvalue weighted by molar-refractivity contribution is 0.1000. The summed E-state index contributed by atoms with van der Waals surface area (Å²) in [6.07, 6.45) is 0. The van der Waals surface area contributed by atoms with E-state index >= 15 is 0 Å². The molecule has 0 saturated carbocycles. The summed E-state index contributed by atoms with van der Waals surface area (Å²) in [6.45, 7) is 9.25. The average molecular weight is 249 g/mol. The Hall–Kier alpha value is -1.39. The Bertz CT molecular complexity index is 375.